The molecule has 0 aliphatic rings. The monoisotopic (exact) mass is 497 g/mol. The Morgan fingerprint density at radius 3 is 2.57 bits per heavy atom. The molecule has 0 fully saturated rings. The Balaban J connectivity index is 2.20. The second-order valence-corrected chi connectivity index (χ2v) is 9.22. The topological polar surface area (TPSA) is 97.3 Å². The number of hydrogen-bond acceptors (Lipinski definition) is 6. The third-order valence-electron chi connectivity index (χ3n) is 4.11. The number of aryl methyl sites for hydroxylation is 2. The van der Waals surface area contributed by atoms with Crippen LogP contribution in [-0.2, 0) is 14.8 Å². The molecule has 0 atom stereocenters. The third-order valence-corrected chi connectivity index (χ3v) is 6.06. The molecule has 2 rings (SSSR count). The van der Waals surface area contributed by atoms with Crippen LogP contribution in [0.4, 0.5) is 0 Å². The Morgan fingerprint density at radius 2 is 1.93 bits per heavy atom. The maximum atomic E-state index is 12.5. The molecule has 2 aromatic carbocycles. The van der Waals surface area contributed by atoms with E-state index in [1.165, 1.54) is 18.2 Å². The summed E-state index contributed by atoms with van der Waals surface area (Å²) in [5.74, 6) is 0.533. The first kappa shape index (κ1) is 23.7. The number of methoxy groups -OCH3 is 1. The van der Waals surface area contributed by atoms with Crippen LogP contribution >= 0.6 is 15.9 Å². The van der Waals surface area contributed by atoms with Gasteiger partial charge in [-0.1, -0.05) is 12.1 Å². The number of nitrogens with one attached hydrogen (secondary N) is 1. The largest absolute Gasteiger partial charge is 0.493 e. The quantitative estimate of drug-likeness (QED) is 0.446. The van der Waals surface area contributed by atoms with Crippen molar-refractivity contribution in [2.75, 3.05) is 27.8 Å². The Hall–Kier alpha value is -2.59. The summed E-state index contributed by atoms with van der Waals surface area (Å²) in [5.41, 5.74) is 2.03. The predicted molar refractivity (Wildman–Crippen MR) is 119 cm³/mol. The highest BCUT2D eigenvalue weighted by atomic mass is 79.9. The molecule has 0 saturated heterocycles. The highest BCUT2D eigenvalue weighted by Gasteiger charge is 2.17. The van der Waals surface area contributed by atoms with Crippen LogP contribution in [0.25, 0.3) is 0 Å². The first-order valence-electron chi connectivity index (χ1n) is 8.87. The summed E-state index contributed by atoms with van der Waals surface area (Å²) in [6, 6.07) is 8.48. The van der Waals surface area contributed by atoms with Crippen molar-refractivity contribution >= 4 is 38.1 Å². The summed E-state index contributed by atoms with van der Waals surface area (Å²) in [6.45, 7) is 3.39. The molecule has 8 nitrogen and oxygen atoms in total. The molecule has 0 unspecified atom stereocenters. The maximum absolute atomic E-state index is 12.5. The van der Waals surface area contributed by atoms with Crippen molar-refractivity contribution in [2.45, 2.75) is 18.7 Å². The van der Waals surface area contributed by atoms with Gasteiger partial charge in [-0.05, 0) is 64.7 Å². The summed E-state index contributed by atoms with van der Waals surface area (Å²) in [7, 11) is 0.935. The van der Waals surface area contributed by atoms with Crippen LogP contribution in [0.15, 0.2) is 44.8 Å². The number of rotatable bonds is 8. The molecule has 2 aromatic rings. The fraction of sp³-hybridized carbons (Fsp3) is 0.300. The van der Waals surface area contributed by atoms with Gasteiger partial charge in [0.15, 0.2) is 18.1 Å². The molecular weight excluding hydrogens is 474 g/mol. The van der Waals surface area contributed by atoms with E-state index in [0.29, 0.717) is 27.1 Å². The lowest BCUT2D eigenvalue weighted by Crippen LogP contribution is -2.27. The maximum Gasteiger partial charge on any atom is 0.276 e. The van der Waals surface area contributed by atoms with Crippen LogP contribution in [-0.4, -0.2) is 53.3 Å². The van der Waals surface area contributed by atoms with Gasteiger partial charge >= 0.3 is 0 Å². The number of sulfonamides is 1. The third kappa shape index (κ3) is 5.96. The molecule has 1 N–H and O–H groups in total. The Labute approximate surface area is 185 Å². The standard InChI is InChI=1S/C20H24BrN3O5S/c1-13-6-7-14(2)18(8-13)30(26,27)23-22-11-15-9-16(21)20(17(10-15)28-5)29-12-19(25)24(3)4/h6-11,23H,12H2,1-5H3. The summed E-state index contributed by atoms with van der Waals surface area (Å²) in [6.07, 6.45) is 1.35. The molecule has 1 amide bonds. The minimum absolute atomic E-state index is 0.148. The SMILES string of the molecule is COc1cc(C=NNS(=O)(=O)c2cc(C)ccc2C)cc(Br)c1OCC(=O)N(C)C. The highest BCUT2D eigenvalue weighted by molar-refractivity contribution is 9.10. The van der Waals surface area contributed by atoms with Crippen molar-refractivity contribution in [2.24, 2.45) is 5.10 Å². The smallest absolute Gasteiger partial charge is 0.276 e. The molecule has 10 heteroatoms. The molecule has 30 heavy (non-hydrogen) atoms. The van der Waals surface area contributed by atoms with Crippen LogP contribution < -0.4 is 14.3 Å². The molecule has 0 aliphatic carbocycles. The number of ether oxygens (including phenoxy) is 2. The van der Waals surface area contributed by atoms with E-state index in [1.54, 1.807) is 45.3 Å². The fourth-order valence-corrected chi connectivity index (χ4v) is 4.13. The number of benzene rings is 2. The second kappa shape index (κ2) is 9.94. The van der Waals surface area contributed by atoms with Crippen LogP contribution in [0, 0.1) is 13.8 Å². The van der Waals surface area contributed by atoms with Gasteiger partial charge in [-0.25, -0.2) is 4.83 Å². The lowest BCUT2D eigenvalue weighted by molar-refractivity contribution is -0.130. The number of carbonyl (C=O) groups excluding carboxylic acids is 1. The molecule has 0 bridgehead atoms. The Bertz CT molecular complexity index is 1070. The number of carbonyl (C=O) groups is 1. The van der Waals surface area contributed by atoms with Gasteiger partial charge in [0.05, 0.1) is 22.7 Å². The lowest BCUT2D eigenvalue weighted by atomic mass is 10.2. The van der Waals surface area contributed by atoms with E-state index in [9.17, 15) is 13.2 Å². The average Bonchev–Trinajstić information content (AvgIpc) is 2.68. The van der Waals surface area contributed by atoms with E-state index in [1.807, 2.05) is 13.0 Å². The van der Waals surface area contributed by atoms with Gasteiger partial charge in [-0.15, -0.1) is 0 Å². The minimum atomic E-state index is -3.80. The summed E-state index contributed by atoms with van der Waals surface area (Å²) in [5, 5.41) is 3.86. The van der Waals surface area contributed by atoms with Crippen LogP contribution in [0.1, 0.15) is 16.7 Å². The van der Waals surface area contributed by atoms with E-state index in [2.05, 4.69) is 25.9 Å². The van der Waals surface area contributed by atoms with Crippen molar-refractivity contribution in [1.82, 2.24) is 9.73 Å². The van der Waals surface area contributed by atoms with E-state index < -0.39 is 10.0 Å². The van der Waals surface area contributed by atoms with E-state index in [-0.39, 0.29) is 17.4 Å². The zero-order valence-electron chi connectivity index (χ0n) is 17.4. The fourth-order valence-electron chi connectivity index (χ4n) is 2.43. The predicted octanol–water partition coefficient (Wildman–Crippen LogP) is 2.85. The number of likely N-dealkylation sites (N-methyl/N-ethyl adjacent to an activating group) is 1. The molecule has 0 aliphatic heterocycles. The zero-order chi connectivity index (χ0) is 22.5. The van der Waals surface area contributed by atoms with Crippen molar-refractivity contribution in [3.05, 3.63) is 51.5 Å². The van der Waals surface area contributed by atoms with Crippen molar-refractivity contribution in [3.63, 3.8) is 0 Å². The van der Waals surface area contributed by atoms with Crippen LogP contribution in [0.3, 0.4) is 0 Å². The molecule has 162 valence electrons. The van der Waals surface area contributed by atoms with E-state index in [0.717, 1.165) is 5.56 Å². The number of amides is 1. The molecule has 0 aromatic heterocycles. The molecule has 0 heterocycles. The molecule has 0 radical (unpaired) electrons. The van der Waals surface area contributed by atoms with E-state index in [4.69, 9.17) is 9.47 Å². The van der Waals surface area contributed by atoms with E-state index >= 15 is 0 Å². The number of hydrogen-bond donors (Lipinski definition) is 1. The van der Waals surface area contributed by atoms with Crippen molar-refractivity contribution in [1.29, 1.82) is 0 Å². The molecule has 0 spiro atoms. The first-order valence-corrected chi connectivity index (χ1v) is 11.2. The number of halogens is 1. The average molecular weight is 498 g/mol. The highest BCUT2D eigenvalue weighted by Crippen LogP contribution is 2.36. The van der Waals surface area contributed by atoms with Gasteiger partial charge < -0.3 is 14.4 Å². The van der Waals surface area contributed by atoms with Gasteiger partial charge in [-0.2, -0.15) is 13.5 Å². The van der Waals surface area contributed by atoms with Gasteiger partial charge in [0.2, 0.25) is 0 Å². The Kier molecular flexibility index (Phi) is 7.85. The summed E-state index contributed by atoms with van der Waals surface area (Å²) < 4.78 is 36.5. The Morgan fingerprint density at radius 1 is 1.23 bits per heavy atom. The molecule has 0 saturated carbocycles. The normalized spacial score (nSPS) is 11.4. The number of hydrazone groups is 1. The molecular formula is C20H24BrN3O5S. The first-order chi connectivity index (χ1) is 14.0. The minimum Gasteiger partial charge on any atom is -0.493 e. The van der Waals surface area contributed by atoms with Crippen molar-refractivity contribution in [3.8, 4) is 11.5 Å². The lowest BCUT2D eigenvalue weighted by Gasteiger charge is -2.15. The van der Waals surface area contributed by atoms with Crippen LogP contribution in [0.2, 0.25) is 0 Å². The van der Waals surface area contributed by atoms with Gasteiger partial charge in [0.1, 0.15) is 0 Å². The van der Waals surface area contributed by atoms with Crippen molar-refractivity contribution < 1.29 is 22.7 Å². The summed E-state index contributed by atoms with van der Waals surface area (Å²) >= 11 is 3.38. The zero-order valence-corrected chi connectivity index (χ0v) is 19.8. The van der Waals surface area contributed by atoms with Gasteiger partial charge in [-0.3, -0.25) is 4.79 Å². The number of nitrogens with zero attached hydrogens (tertiary/aromatic N) is 2. The second-order valence-electron chi connectivity index (χ2n) is 6.73. The van der Waals surface area contributed by atoms with Gasteiger partial charge in [0, 0.05) is 14.1 Å². The van der Waals surface area contributed by atoms with Crippen LogP contribution in [0.5, 0.6) is 11.5 Å². The summed E-state index contributed by atoms with van der Waals surface area (Å²) in [4.78, 5) is 15.6. The van der Waals surface area contributed by atoms with Gasteiger partial charge in [0.25, 0.3) is 15.9 Å².